The number of hydrogen-bond acceptors (Lipinski definition) is 3. The van der Waals surface area contributed by atoms with Crippen molar-refractivity contribution in [3.63, 3.8) is 0 Å². The van der Waals surface area contributed by atoms with Crippen molar-refractivity contribution in [3.05, 3.63) is 59.4 Å². The maximum absolute atomic E-state index is 13.2. The summed E-state index contributed by atoms with van der Waals surface area (Å²) in [5, 5.41) is 2.87. The molecule has 0 saturated heterocycles. The summed E-state index contributed by atoms with van der Waals surface area (Å²) in [6.07, 6.45) is 0.395. The smallest absolute Gasteiger partial charge is 0.254 e. The minimum Gasteiger partial charge on any atom is -0.377 e. The van der Waals surface area contributed by atoms with Gasteiger partial charge in [0.05, 0.1) is 0 Å². The van der Waals surface area contributed by atoms with Gasteiger partial charge in [-0.15, -0.1) is 0 Å². The van der Waals surface area contributed by atoms with Crippen LogP contribution in [0.3, 0.4) is 0 Å². The van der Waals surface area contributed by atoms with Crippen LogP contribution in [0.1, 0.15) is 43.1 Å². The Hall–Kier alpha value is -2.89. The maximum atomic E-state index is 13.2. The standard InChI is InChI=1S/C22H28FN3O2/c1-6-21(27)24-19-11-12-20(25(4)5)17(13-19)14-26(15(2)3)22(28)16-7-9-18(23)10-8-16/h7-13,15H,6,14H2,1-5H3,(H,24,27). The molecule has 0 aromatic heterocycles. The van der Waals surface area contributed by atoms with Crippen molar-refractivity contribution < 1.29 is 14.0 Å². The molecule has 5 nitrogen and oxygen atoms in total. The van der Waals surface area contributed by atoms with Crippen molar-refractivity contribution >= 4 is 23.2 Å². The molecule has 150 valence electrons. The molecule has 0 atom stereocenters. The molecule has 28 heavy (non-hydrogen) atoms. The van der Waals surface area contributed by atoms with Crippen LogP contribution in [-0.4, -0.2) is 36.9 Å². The third kappa shape index (κ3) is 5.31. The molecule has 2 aromatic carbocycles. The molecule has 0 saturated carbocycles. The number of carbonyl (C=O) groups excluding carboxylic acids is 2. The van der Waals surface area contributed by atoms with E-state index in [2.05, 4.69) is 5.32 Å². The summed E-state index contributed by atoms with van der Waals surface area (Å²) in [4.78, 5) is 28.5. The van der Waals surface area contributed by atoms with E-state index in [1.165, 1.54) is 24.3 Å². The van der Waals surface area contributed by atoms with E-state index in [0.29, 0.717) is 24.2 Å². The molecule has 2 amide bonds. The molecule has 0 radical (unpaired) electrons. The Bertz CT molecular complexity index is 832. The van der Waals surface area contributed by atoms with Crippen molar-refractivity contribution in [1.82, 2.24) is 4.90 Å². The van der Waals surface area contributed by atoms with Gasteiger partial charge in [0.2, 0.25) is 5.91 Å². The number of anilines is 2. The average Bonchev–Trinajstić information content (AvgIpc) is 2.65. The largest absolute Gasteiger partial charge is 0.377 e. The third-order valence-corrected chi connectivity index (χ3v) is 4.48. The first-order chi connectivity index (χ1) is 13.2. The Morgan fingerprint density at radius 1 is 1.07 bits per heavy atom. The van der Waals surface area contributed by atoms with Crippen LogP contribution in [0, 0.1) is 5.82 Å². The van der Waals surface area contributed by atoms with Crippen LogP contribution in [0.2, 0.25) is 0 Å². The van der Waals surface area contributed by atoms with Gasteiger partial charge < -0.3 is 15.1 Å². The second kappa shape index (κ2) is 9.35. The first-order valence-electron chi connectivity index (χ1n) is 9.39. The average molecular weight is 385 g/mol. The molecule has 0 unspecified atom stereocenters. The Kier molecular flexibility index (Phi) is 7.15. The number of carbonyl (C=O) groups is 2. The predicted molar refractivity (Wildman–Crippen MR) is 111 cm³/mol. The van der Waals surface area contributed by atoms with Gasteiger partial charge in [-0.2, -0.15) is 0 Å². The molecular weight excluding hydrogens is 357 g/mol. The zero-order valence-electron chi connectivity index (χ0n) is 17.1. The predicted octanol–water partition coefficient (Wildman–Crippen LogP) is 4.29. The van der Waals surface area contributed by atoms with Crippen LogP contribution < -0.4 is 10.2 Å². The van der Waals surface area contributed by atoms with Crippen LogP contribution in [0.4, 0.5) is 15.8 Å². The topological polar surface area (TPSA) is 52.7 Å². The molecule has 0 fully saturated rings. The molecule has 6 heteroatoms. The zero-order chi connectivity index (χ0) is 20.8. The maximum Gasteiger partial charge on any atom is 0.254 e. The molecule has 0 heterocycles. The second-order valence-corrected chi connectivity index (χ2v) is 7.17. The van der Waals surface area contributed by atoms with Gasteiger partial charge >= 0.3 is 0 Å². The van der Waals surface area contributed by atoms with Gasteiger partial charge in [0, 0.05) is 50.0 Å². The van der Waals surface area contributed by atoms with Crippen LogP contribution in [0.25, 0.3) is 0 Å². The molecule has 0 aliphatic rings. The van der Waals surface area contributed by atoms with Crippen molar-refractivity contribution in [2.24, 2.45) is 0 Å². The highest BCUT2D eigenvalue weighted by Gasteiger charge is 2.21. The number of hydrogen-bond donors (Lipinski definition) is 1. The van der Waals surface area contributed by atoms with Gasteiger partial charge in [-0.25, -0.2) is 4.39 Å². The van der Waals surface area contributed by atoms with Gasteiger partial charge in [0.25, 0.3) is 5.91 Å². The highest BCUT2D eigenvalue weighted by atomic mass is 19.1. The summed E-state index contributed by atoms with van der Waals surface area (Å²) in [7, 11) is 3.87. The van der Waals surface area contributed by atoms with Crippen LogP contribution in [-0.2, 0) is 11.3 Å². The van der Waals surface area contributed by atoms with Crippen molar-refractivity contribution in [1.29, 1.82) is 0 Å². The SMILES string of the molecule is CCC(=O)Nc1ccc(N(C)C)c(CN(C(=O)c2ccc(F)cc2)C(C)C)c1. The van der Waals surface area contributed by atoms with E-state index in [0.717, 1.165) is 11.3 Å². The lowest BCUT2D eigenvalue weighted by molar-refractivity contribution is -0.115. The van der Waals surface area contributed by atoms with Crippen molar-refractivity contribution in [2.45, 2.75) is 39.8 Å². The molecule has 0 spiro atoms. The Morgan fingerprint density at radius 3 is 2.25 bits per heavy atom. The van der Waals surface area contributed by atoms with Gasteiger partial charge in [-0.3, -0.25) is 9.59 Å². The minimum atomic E-state index is -0.373. The Balaban J connectivity index is 2.36. The fourth-order valence-corrected chi connectivity index (χ4v) is 2.91. The molecule has 1 N–H and O–H groups in total. The van der Waals surface area contributed by atoms with E-state index in [1.54, 1.807) is 11.8 Å². The molecule has 0 bridgehead atoms. The van der Waals surface area contributed by atoms with Gasteiger partial charge in [0.1, 0.15) is 5.82 Å². The quantitative estimate of drug-likeness (QED) is 0.773. The lowest BCUT2D eigenvalue weighted by atomic mass is 10.1. The molecule has 2 aromatic rings. The number of rotatable bonds is 7. The van der Waals surface area contributed by atoms with Crippen LogP contribution in [0.5, 0.6) is 0 Å². The Labute approximate surface area is 166 Å². The number of amides is 2. The van der Waals surface area contributed by atoms with E-state index in [9.17, 15) is 14.0 Å². The molecule has 0 aliphatic carbocycles. The van der Waals surface area contributed by atoms with Gasteiger partial charge in [0.15, 0.2) is 0 Å². The highest BCUT2D eigenvalue weighted by molar-refractivity contribution is 5.94. The molecule has 0 aliphatic heterocycles. The van der Waals surface area contributed by atoms with E-state index in [-0.39, 0.29) is 23.7 Å². The summed E-state index contributed by atoms with van der Waals surface area (Å²) in [5.41, 5.74) is 3.03. The fraction of sp³-hybridized carbons (Fsp3) is 0.364. The highest BCUT2D eigenvalue weighted by Crippen LogP contribution is 2.26. The summed E-state index contributed by atoms with van der Waals surface area (Å²) in [6.45, 7) is 6.06. The van der Waals surface area contributed by atoms with Crippen LogP contribution in [0.15, 0.2) is 42.5 Å². The summed E-state index contributed by atoms with van der Waals surface area (Å²) < 4.78 is 13.2. The minimum absolute atomic E-state index is 0.0542. The monoisotopic (exact) mass is 385 g/mol. The summed E-state index contributed by atoms with van der Waals surface area (Å²) in [6, 6.07) is 11.2. The lowest BCUT2D eigenvalue weighted by Gasteiger charge is -2.29. The zero-order valence-corrected chi connectivity index (χ0v) is 17.1. The van der Waals surface area contributed by atoms with E-state index in [4.69, 9.17) is 0 Å². The Morgan fingerprint density at radius 2 is 1.71 bits per heavy atom. The first kappa shape index (κ1) is 21.4. The van der Waals surface area contributed by atoms with Crippen molar-refractivity contribution in [2.75, 3.05) is 24.3 Å². The molecular formula is C22H28FN3O2. The van der Waals surface area contributed by atoms with E-state index >= 15 is 0 Å². The first-order valence-corrected chi connectivity index (χ1v) is 9.39. The van der Waals surface area contributed by atoms with Crippen molar-refractivity contribution in [3.8, 4) is 0 Å². The number of benzene rings is 2. The van der Waals surface area contributed by atoms with Gasteiger partial charge in [-0.1, -0.05) is 6.92 Å². The van der Waals surface area contributed by atoms with E-state index in [1.807, 2.05) is 51.0 Å². The van der Waals surface area contributed by atoms with E-state index < -0.39 is 0 Å². The third-order valence-electron chi connectivity index (χ3n) is 4.48. The fourth-order valence-electron chi connectivity index (χ4n) is 2.91. The van der Waals surface area contributed by atoms with Crippen LogP contribution >= 0.6 is 0 Å². The lowest BCUT2D eigenvalue weighted by Crippen LogP contribution is -2.36. The number of nitrogens with zero attached hydrogens (tertiary/aromatic N) is 2. The second-order valence-electron chi connectivity index (χ2n) is 7.17. The summed E-state index contributed by atoms with van der Waals surface area (Å²) >= 11 is 0. The normalized spacial score (nSPS) is 10.7. The number of nitrogens with one attached hydrogen (secondary N) is 1. The summed E-state index contributed by atoms with van der Waals surface area (Å²) in [5.74, 6) is -0.601. The van der Waals surface area contributed by atoms with Gasteiger partial charge in [-0.05, 0) is 61.9 Å². The number of halogens is 1. The molecule has 2 rings (SSSR count).